The van der Waals surface area contributed by atoms with Crippen LogP contribution < -0.4 is 10.0 Å². The first-order valence-corrected chi connectivity index (χ1v) is 9.41. The Morgan fingerprint density at radius 1 is 1.32 bits per heavy atom. The van der Waals surface area contributed by atoms with Crippen molar-refractivity contribution in [2.24, 2.45) is 7.05 Å². The maximum atomic E-state index is 13.4. The monoisotopic (exact) mass is 414 g/mol. The molecule has 0 aliphatic carbocycles. The van der Waals surface area contributed by atoms with Crippen molar-refractivity contribution in [2.45, 2.75) is 30.7 Å². The first-order valence-electron chi connectivity index (χ1n) is 7.92. The Balaban J connectivity index is 2.26. The zero-order chi connectivity index (χ0) is 21.3. The van der Waals surface area contributed by atoms with E-state index in [0.717, 1.165) is 31.3 Å². The van der Waals surface area contributed by atoms with Gasteiger partial charge in [0.1, 0.15) is 22.5 Å². The lowest BCUT2D eigenvalue weighted by Crippen LogP contribution is -2.43. The fourth-order valence-electron chi connectivity index (χ4n) is 2.19. The number of amides is 1. The minimum atomic E-state index is -4.29. The van der Waals surface area contributed by atoms with E-state index >= 15 is 0 Å². The molecule has 0 saturated heterocycles. The zero-order valence-electron chi connectivity index (χ0n) is 15.1. The summed E-state index contributed by atoms with van der Waals surface area (Å²) in [7, 11) is -2.89. The van der Waals surface area contributed by atoms with Gasteiger partial charge in [-0.05, 0) is 31.2 Å². The van der Waals surface area contributed by atoms with Gasteiger partial charge >= 0.3 is 0 Å². The molecule has 2 aromatic rings. The number of alkyl halides is 2. The fourth-order valence-corrected chi connectivity index (χ4v) is 3.57. The standard InChI is InChI=1S/C17H17F3N4O3S/c1-10(17(2,19)20)23-28(26,27)13-7-15(24(3)9-13)16(25)22-12-4-5-14(18)11(6-12)8-21/h4-7,9-10,23H,1-3H3,(H,22,25)/t10-/m0/s1. The molecular formula is C17H17F3N4O3S. The molecule has 0 radical (unpaired) electrons. The highest BCUT2D eigenvalue weighted by atomic mass is 32.2. The number of nitriles is 1. The normalized spacial score (nSPS) is 13.0. The summed E-state index contributed by atoms with van der Waals surface area (Å²) in [6.07, 6.45) is 1.10. The number of benzene rings is 1. The van der Waals surface area contributed by atoms with Crippen LogP contribution in [-0.4, -0.2) is 30.9 Å². The molecule has 1 aromatic carbocycles. The molecule has 0 aliphatic rings. The Morgan fingerprint density at radius 3 is 2.54 bits per heavy atom. The second-order valence-electron chi connectivity index (χ2n) is 6.23. The third kappa shape index (κ3) is 4.71. The van der Waals surface area contributed by atoms with Crippen molar-refractivity contribution in [2.75, 3.05) is 5.32 Å². The molecule has 1 amide bonds. The predicted octanol–water partition coefficient (Wildman–Crippen LogP) is 2.61. The lowest BCUT2D eigenvalue weighted by molar-refractivity contribution is -0.00488. The Hall–Kier alpha value is -2.84. The van der Waals surface area contributed by atoms with Crippen LogP contribution in [0, 0.1) is 17.1 Å². The van der Waals surface area contributed by atoms with Crippen LogP contribution in [0.3, 0.4) is 0 Å². The molecule has 11 heteroatoms. The summed E-state index contributed by atoms with van der Waals surface area (Å²) in [4.78, 5) is 12.0. The molecule has 1 heterocycles. The highest BCUT2D eigenvalue weighted by Crippen LogP contribution is 2.21. The van der Waals surface area contributed by atoms with Gasteiger partial charge in [0.15, 0.2) is 0 Å². The number of carbonyl (C=O) groups excluding carboxylic acids is 1. The van der Waals surface area contributed by atoms with Crippen LogP contribution in [0.5, 0.6) is 0 Å². The van der Waals surface area contributed by atoms with Crippen molar-refractivity contribution in [1.82, 2.24) is 9.29 Å². The first kappa shape index (κ1) is 21.5. The van der Waals surface area contributed by atoms with Crippen LogP contribution in [0.4, 0.5) is 18.9 Å². The average Bonchev–Trinajstić information content (AvgIpc) is 2.98. The summed E-state index contributed by atoms with van der Waals surface area (Å²) in [5.41, 5.74) is -0.225. The molecule has 0 spiro atoms. The van der Waals surface area contributed by atoms with Crippen LogP contribution in [0.2, 0.25) is 0 Å². The van der Waals surface area contributed by atoms with Gasteiger partial charge in [0, 0.05) is 25.9 Å². The van der Waals surface area contributed by atoms with Gasteiger partial charge in [-0.1, -0.05) is 0 Å². The van der Waals surface area contributed by atoms with Crippen LogP contribution in [-0.2, 0) is 17.1 Å². The number of sulfonamides is 1. The highest BCUT2D eigenvalue weighted by molar-refractivity contribution is 7.89. The van der Waals surface area contributed by atoms with Gasteiger partial charge < -0.3 is 9.88 Å². The second kappa shape index (κ2) is 7.65. The molecule has 28 heavy (non-hydrogen) atoms. The topological polar surface area (TPSA) is 104 Å². The van der Waals surface area contributed by atoms with Crippen LogP contribution in [0.15, 0.2) is 35.4 Å². The lowest BCUT2D eigenvalue weighted by Gasteiger charge is -2.20. The van der Waals surface area contributed by atoms with E-state index in [1.807, 2.05) is 4.72 Å². The molecule has 0 bridgehead atoms. The Bertz CT molecular complexity index is 1050. The number of rotatable bonds is 6. The van der Waals surface area contributed by atoms with E-state index in [4.69, 9.17) is 5.26 Å². The maximum absolute atomic E-state index is 13.4. The van der Waals surface area contributed by atoms with Crippen molar-refractivity contribution in [3.8, 4) is 6.07 Å². The fraction of sp³-hybridized carbons (Fsp3) is 0.294. The number of hydrogen-bond acceptors (Lipinski definition) is 4. The van der Waals surface area contributed by atoms with Crippen molar-refractivity contribution in [3.05, 3.63) is 47.5 Å². The Labute approximate surface area is 159 Å². The molecule has 1 atom stereocenters. The number of aryl methyl sites for hydroxylation is 1. The number of nitrogens with one attached hydrogen (secondary N) is 2. The largest absolute Gasteiger partial charge is 0.345 e. The van der Waals surface area contributed by atoms with Gasteiger partial charge in [0.2, 0.25) is 10.0 Å². The summed E-state index contributed by atoms with van der Waals surface area (Å²) < 4.78 is 67.5. The zero-order valence-corrected chi connectivity index (χ0v) is 15.9. The Kier molecular flexibility index (Phi) is 5.86. The summed E-state index contributed by atoms with van der Waals surface area (Å²) in [5, 5.41) is 11.2. The van der Waals surface area contributed by atoms with Crippen LogP contribution in [0.25, 0.3) is 0 Å². The number of aromatic nitrogens is 1. The quantitative estimate of drug-likeness (QED) is 0.758. The molecule has 150 valence electrons. The van der Waals surface area contributed by atoms with E-state index in [9.17, 15) is 26.4 Å². The number of anilines is 1. The van der Waals surface area contributed by atoms with Crippen molar-refractivity contribution in [3.63, 3.8) is 0 Å². The summed E-state index contributed by atoms with van der Waals surface area (Å²) in [6.45, 7) is 1.61. The van der Waals surface area contributed by atoms with Crippen molar-refractivity contribution >= 4 is 21.6 Å². The molecule has 2 rings (SSSR count). The first-order chi connectivity index (χ1) is 12.8. The molecule has 7 nitrogen and oxygen atoms in total. The lowest BCUT2D eigenvalue weighted by atomic mass is 10.2. The number of hydrogen-bond donors (Lipinski definition) is 2. The van der Waals surface area contributed by atoms with Gasteiger partial charge in [-0.25, -0.2) is 26.3 Å². The average molecular weight is 414 g/mol. The van der Waals surface area contributed by atoms with Gasteiger partial charge in [-0.2, -0.15) is 5.26 Å². The smallest absolute Gasteiger partial charge is 0.272 e. The Morgan fingerprint density at radius 2 is 1.96 bits per heavy atom. The summed E-state index contributed by atoms with van der Waals surface area (Å²) >= 11 is 0. The van der Waals surface area contributed by atoms with Gasteiger partial charge in [-0.15, -0.1) is 0 Å². The van der Waals surface area contributed by atoms with Gasteiger partial charge in [0.05, 0.1) is 11.6 Å². The third-order valence-corrected chi connectivity index (χ3v) is 5.47. The molecule has 1 aromatic heterocycles. The van der Waals surface area contributed by atoms with Crippen molar-refractivity contribution < 1.29 is 26.4 Å². The minimum absolute atomic E-state index is 0.0841. The molecule has 0 aliphatic heterocycles. The van der Waals surface area contributed by atoms with Crippen LogP contribution in [0.1, 0.15) is 29.9 Å². The van der Waals surface area contributed by atoms with E-state index in [0.29, 0.717) is 6.92 Å². The van der Waals surface area contributed by atoms with Crippen LogP contribution >= 0.6 is 0 Å². The number of carbonyl (C=O) groups is 1. The van der Waals surface area contributed by atoms with Gasteiger partial charge in [0.25, 0.3) is 11.8 Å². The molecule has 0 fully saturated rings. The van der Waals surface area contributed by atoms with E-state index in [-0.39, 0.29) is 21.8 Å². The summed E-state index contributed by atoms with van der Waals surface area (Å²) in [5.74, 6) is -4.75. The summed E-state index contributed by atoms with van der Waals surface area (Å²) in [6, 6.07) is 4.37. The van der Waals surface area contributed by atoms with E-state index in [1.54, 1.807) is 6.07 Å². The molecular weight excluding hydrogens is 397 g/mol. The van der Waals surface area contributed by atoms with Gasteiger partial charge in [-0.3, -0.25) is 4.79 Å². The second-order valence-corrected chi connectivity index (χ2v) is 7.95. The van der Waals surface area contributed by atoms with E-state index < -0.39 is 33.7 Å². The molecule has 2 N–H and O–H groups in total. The highest BCUT2D eigenvalue weighted by Gasteiger charge is 2.34. The minimum Gasteiger partial charge on any atom is -0.345 e. The predicted molar refractivity (Wildman–Crippen MR) is 94.9 cm³/mol. The van der Waals surface area contributed by atoms with E-state index in [1.165, 1.54) is 17.7 Å². The number of halogens is 3. The van der Waals surface area contributed by atoms with E-state index in [2.05, 4.69) is 5.32 Å². The molecule has 0 unspecified atom stereocenters. The SMILES string of the molecule is C[C@H](NS(=O)(=O)c1cc(C(=O)Nc2ccc(F)c(C#N)c2)n(C)c1)C(C)(F)F. The van der Waals surface area contributed by atoms with Crippen molar-refractivity contribution in [1.29, 1.82) is 5.26 Å². The number of nitrogens with zero attached hydrogens (tertiary/aromatic N) is 2. The maximum Gasteiger partial charge on any atom is 0.272 e. The third-order valence-electron chi connectivity index (χ3n) is 3.96. The molecule has 0 saturated carbocycles.